The standard InChI is InChI=1S/C18H24N2O2/c1-12(2)8-9-19-17(21)7-5-14-11-15-10-13(3)4-6-16(15)20-18(14)22/h4,6,10-12H,5,7-9H2,1-3H3,(H,19,21)(H,20,22). The fraction of sp³-hybridized carbons (Fsp3) is 0.444. The number of aromatic amines is 1. The second-order valence-corrected chi connectivity index (χ2v) is 6.25. The summed E-state index contributed by atoms with van der Waals surface area (Å²) >= 11 is 0. The molecule has 4 nitrogen and oxygen atoms in total. The molecule has 0 unspecified atom stereocenters. The van der Waals surface area contributed by atoms with Gasteiger partial charge >= 0.3 is 0 Å². The number of carbonyl (C=O) groups is 1. The number of benzene rings is 1. The molecule has 0 saturated heterocycles. The summed E-state index contributed by atoms with van der Waals surface area (Å²) < 4.78 is 0. The molecule has 118 valence electrons. The van der Waals surface area contributed by atoms with Crippen molar-refractivity contribution in [2.24, 2.45) is 5.92 Å². The molecule has 1 aromatic carbocycles. The van der Waals surface area contributed by atoms with Gasteiger partial charge in [0.05, 0.1) is 0 Å². The molecule has 1 aromatic heterocycles. The number of aromatic nitrogens is 1. The Balaban J connectivity index is 2.00. The molecule has 2 rings (SSSR count). The second kappa shape index (κ2) is 7.25. The van der Waals surface area contributed by atoms with Gasteiger partial charge in [0.2, 0.25) is 5.91 Å². The van der Waals surface area contributed by atoms with E-state index in [2.05, 4.69) is 24.1 Å². The smallest absolute Gasteiger partial charge is 0.251 e. The molecule has 2 aromatic rings. The molecule has 0 radical (unpaired) electrons. The summed E-state index contributed by atoms with van der Waals surface area (Å²) in [5.41, 5.74) is 2.54. The minimum Gasteiger partial charge on any atom is -0.356 e. The molecule has 0 fully saturated rings. The van der Waals surface area contributed by atoms with Crippen LogP contribution in [0.5, 0.6) is 0 Å². The Bertz CT molecular complexity index is 717. The number of carbonyl (C=O) groups excluding carboxylic acids is 1. The summed E-state index contributed by atoms with van der Waals surface area (Å²) in [5.74, 6) is 0.580. The minimum atomic E-state index is -0.105. The van der Waals surface area contributed by atoms with E-state index in [4.69, 9.17) is 0 Å². The van der Waals surface area contributed by atoms with Gasteiger partial charge < -0.3 is 10.3 Å². The molecule has 4 heteroatoms. The van der Waals surface area contributed by atoms with Gasteiger partial charge in [0.1, 0.15) is 0 Å². The first-order valence-electron chi connectivity index (χ1n) is 7.85. The van der Waals surface area contributed by atoms with Crippen molar-refractivity contribution in [3.05, 3.63) is 45.7 Å². The highest BCUT2D eigenvalue weighted by Gasteiger charge is 2.07. The first-order chi connectivity index (χ1) is 10.5. The lowest BCUT2D eigenvalue weighted by Gasteiger charge is -2.07. The number of hydrogen-bond acceptors (Lipinski definition) is 2. The number of H-pyrrole nitrogens is 1. The van der Waals surface area contributed by atoms with Crippen LogP contribution in [0.4, 0.5) is 0 Å². The fourth-order valence-electron chi connectivity index (χ4n) is 2.39. The number of amides is 1. The molecular formula is C18H24N2O2. The zero-order valence-electron chi connectivity index (χ0n) is 13.5. The zero-order chi connectivity index (χ0) is 16.1. The van der Waals surface area contributed by atoms with Crippen molar-refractivity contribution in [3.8, 4) is 0 Å². The summed E-state index contributed by atoms with van der Waals surface area (Å²) in [6.07, 6.45) is 1.78. The minimum absolute atomic E-state index is 0.00406. The quantitative estimate of drug-likeness (QED) is 0.861. The Morgan fingerprint density at radius 1 is 1.27 bits per heavy atom. The highest BCUT2D eigenvalue weighted by atomic mass is 16.1. The lowest BCUT2D eigenvalue weighted by atomic mass is 10.1. The van der Waals surface area contributed by atoms with E-state index in [0.29, 0.717) is 30.9 Å². The maximum Gasteiger partial charge on any atom is 0.251 e. The van der Waals surface area contributed by atoms with Crippen molar-refractivity contribution in [3.63, 3.8) is 0 Å². The van der Waals surface area contributed by atoms with E-state index in [-0.39, 0.29) is 11.5 Å². The van der Waals surface area contributed by atoms with E-state index >= 15 is 0 Å². The Hall–Kier alpha value is -2.10. The predicted molar refractivity (Wildman–Crippen MR) is 90.1 cm³/mol. The van der Waals surface area contributed by atoms with Crippen LogP contribution in [0, 0.1) is 12.8 Å². The van der Waals surface area contributed by atoms with Crippen molar-refractivity contribution in [1.29, 1.82) is 0 Å². The molecule has 0 bridgehead atoms. The van der Waals surface area contributed by atoms with Crippen LogP contribution in [0.25, 0.3) is 10.9 Å². The molecule has 0 aliphatic rings. The lowest BCUT2D eigenvalue weighted by Crippen LogP contribution is -2.26. The lowest BCUT2D eigenvalue weighted by molar-refractivity contribution is -0.121. The van der Waals surface area contributed by atoms with E-state index in [1.807, 2.05) is 31.2 Å². The van der Waals surface area contributed by atoms with Gasteiger partial charge in [-0.15, -0.1) is 0 Å². The Morgan fingerprint density at radius 3 is 2.77 bits per heavy atom. The molecule has 0 atom stereocenters. The third-order valence-electron chi connectivity index (χ3n) is 3.74. The third kappa shape index (κ3) is 4.45. The second-order valence-electron chi connectivity index (χ2n) is 6.25. The predicted octanol–water partition coefficient (Wildman–Crippen LogP) is 2.93. The van der Waals surface area contributed by atoms with Crippen LogP contribution in [-0.4, -0.2) is 17.4 Å². The monoisotopic (exact) mass is 300 g/mol. The highest BCUT2D eigenvalue weighted by molar-refractivity contribution is 5.80. The fourth-order valence-corrected chi connectivity index (χ4v) is 2.39. The summed E-state index contributed by atoms with van der Waals surface area (Å²) in [5, 5.41) is 3.91. The molecular weight excluding hydrogens is 276 g/mol. The number of fused-ring (bicyclic) bond motifs is 1. The summed E-state index contributed by atoms with van der Waals surface area (Å²) in [4.78, 5) is 26.7. The molecule has 22 heavy (non-hydrogen) atoms. The Kier molecular flexibility index (Phi) is 5.36. The molecule has 2 N–H and O–H groups in total. The van der Waals surface area contributed by atoms with E-state index in [1.165, 1.54) is 0 Å². The number of hydrogen-bond donors (Lipinski definition) is 2. The first kappa shape index (κ1) is 16.3. The van der Waals surface area contributed by atoms with Gasteiger partial charge in [0, 0.05) is 24.0 Å². The van der Waals surface area contributed by atoms with Crippen molar-refractivity contribution >= 4 is 16.8 Å². The van der Waals surface area contributed by atoms with Crippen LogP contribution in [-0.2, 0) is 11.2 Å². The molecule has 0 aliphatic heterocycles. The van der Waals surface area contributed by atoms with Crippen molar-refractivity contribution < 1.29 is 4.79 Å². The maximum absolute atomic E-state index is 12.0. The number of nitrogens with one attached hydrogen (secondary N) is 2. The van der Waals surface area contributed by atoms with Gasteiger partial charge in [-0.25, -0.2) is 0 Å². The van der Waals surface area contributed by atoms with Gasteiger partial charge in [-0.2, -0.15) is 0 Å². The Labute approximate surface area is 130 Å². The van der Waals surface area contributed by atoms with Crippen LogP contribution in [0.15, 0.2) is 29.1 Å². The molecule has 1 heterocycles. The van der Waals surface area contributed by atoms with Crippen molar-refractivity contribution in [2.75, 3.05) is 6.54 Å². The largest absolute Gasteiger partial charge is 0.356 e. The molecule has 0 aliphatic carbocycles. The first-order valence-corrected chi connectivity index (χ1v) is 7.85. The summed E-state index contributed by atoms with van der Waals surface area (Å²) in [6, 6.07) is 7.81. The van der Waals surface area contributed by atoms with Crippen LogP contribution in [0.2, 0.25) is 0 Å². The van der Waals surface area contributed by atoms with E-state index in [0.717, 1.165) is 22.9 Å². The van der Waals surface area contributed by atoms with Crippen LogP contribution < -0.4 is 10.9 Å². The van der Waals surface area contributed by atoms with Gasteiger partial charge in [0.15, 0.2) is 0 Å². The van der Waals surface area contributed by atoms with Crippen LogP contribution in [0.1, 0.15) is 37.8 Å². The summed E-state index contributed by atoms with van der Waals surface area (Å²) in [6.45, 7) is 6.97. The average molecular weight is 300 g/mol. The molecule has 1 amide bonds. The third-order valence-corrected chi connectivity index (χ3v) is 3.74. The van der Waals surface area contributed by atoms with E-state index in [9.17, 15) is 9.59 Å². The molecule has 0 spiro atoms. The van der Waals surface area contributed by atoms with Crippen molar-refractivity contribution in [1.82, 2.24) is 10.3 Å². The highest BCUT2D eigenvalue weighted by Crippen LogP contribution is 2.13. The van der Waals surface area contributed by atoms with Gasteiger partial charge in [-0.1, -0.05) is 25.5 Å². The molecule has 0 saturated carbocycles. The van der Waals surface area contributed by atoms with Gasteiger partial charge in [-0.05, 0) is 49.3 Å². The van der Waals surface area contributed by atoms with E-state index < -0.39 is 0 Å². The van der Waals surface area contributed by atoms with Crippen molar-refractivity contribution in [2.45, 2.75) is 40.0 Å². The van der Waals surface area contributed by atoms with Gasteiger partial charge in [0.25, 0.3) is 5.56 Å². The summed E-state index contributed by atoms with van der Waals surface area (Å²) in [7, 11) is 0. The van der Waals surface area contributed by atoms with Crippen LogP contribution >= 0.6 is 0 Å². The Morgan fingerprint density at radius 2 is 2.05 bits per heavy atom. The zero-order valence-corrected chi connectivity index (χ0v) is 13.5. The normalized spacial score (nSPS) is 11.1. The van der Waals surface area contributed by atoms with Crippen LogP contribution in [0.3, 0.4) is 0 Å². The SMILES string of the molecule is Cc1ccc2[nH]c(=O)c(CCC(=O)NCCC(C)C)cc2c1. The maximum atomic E-state index is 12.0. The van der Waals surface area contributed by atoms with E-state index in [1.54, 1.807) is 0 Å². The number of rotatable bonds is 6. The number of pyridine rings is 1. The number of aryl methyl sites for hydroxylation is 2. The topological polar surface area (TPSA) is 62.0 Å². The average Bonchev–Trinajstić information content (AvgIpc) is 2.45. The van der Waals surface area contributed by atoms with Gasteiger partial charge in [-0.3, -0.25) is 9.59 Å².